The maximum Gasteiger partial charge on any atom is 0.229 e. The molecule has 0 unspecified atom stereocenters. The van der Waals surface area contributed by atoms with Gasteiger partial charge in [0.05, 0.1) is 19.2 Å². The van der Waals surface area contributed by atoms with Gasteiger partial charge in [-0.05, 0) is 42.0 Å². The Labute approximate surface area is 169 Å². The van der Waals surface area contributed by atoms with Crippen LogP contribution in [0.1, 0.15) is 11.5 Å². The van der Waals surface area contributed by atoms with Crippen molar-refractivity contribution >= 4 is 11.6 Å². The van der Waals surface area contributed by atoms with Crippen LogP contribution in [0.5, 0.6) is 17.2 Å². The van der Waals surface area contributed by atoms with E-state index in [4.69, 9.17) is 9.47 Å². The van der Waals surface area contributed by atoms with Gasteiger partial charge in [-0.1, -0.05) is 6.07 Å². The minimum Gasteiger partial charge on any atom is -0.497 e. The quantitative estimate of drug-likeness (QED) is 0.674. The zero-order valence-electron chi connectivity index (χ0n) is 16.5. The number of methoxy groups -OCH3 is 1. The van der Waals surface area contributed by atoms with Crippen molar-refractivity contribution in [1.29, 1.82) is 0 Å². The van der Waals surface area contributed by atoms with Crippen molar-refractivity contribution in [2.24, 2.45) is 13.0 Å². The Hall–Kier alpha value is -3.32. The molecule has 0 aliphatic carbocycles. The highest BCUT2D eigenvalue weighted by molar-refractivity contribution is 5.93. The molecular weight excluding hydrogens is 368 g/mol. The lowest BCUT2D eigenvalue weighted by Gasteiger charge is -2.17. The van der Waals surface area contributed by atoms with Gasteiger partial charge in [-0.3, -0.25) is 9.48 Å². The molecule has 29 heavy (non-hydrogen) atoms. The van der Waals surface area contributed by atoms with E-state index < -0.39 is 0 Å². The molecule has 0 saturated carbocycles. The lowest BCUT2D eigenvalue weighted by Crippen LogP contribution is -2.28. The van der Waals surface area contributed by atoms with Crippen LogP contribution < -0.4 is 20.1 Å². The molecule has 0 spiro atoms. The van der Waals surface area contributed by atoms with Crippen LogP contribution in [0.3, 0.4) is 0 Å². The molecule has 1 amide bonds. The number of carbonyl (C=O) groups is 1. The summed E-state index contributed by atoms with van der Waals surface area (Å²) in [5.41, 5.74) is 1.82. The highest BCUT2D eigenvalue weighted by Gasteiger charge is 2.34. The topological polar surface area (TPSA) is 77.4 Å². The molecule has 0 bridgehead atoms. The molecule has 0 radical (unpaired) electrons. The molecule has 2 atom stereocenters. The minimum absolute atomic E-state index is 0.00492. The SMILES string of the molecule is COc1cccc(Oc2ccc(NC(=O)[C@H]3CNC[C@@H]3c3cnn(C)c3)cc2)c1. The summed E-state index contributed by atoms with van der Waals surface area (Å²) in [5, 5.41) is 10.6. The summed E-state index contributed by atoms with van der Waals surface area (Å²) in [7, 11) is 3.51. The Balaban J connectivity index is 1.39. The number of hydrogen-bond donors (Lipinski definition) is 2. The zero-order valence-corrected chi connectivity index (χ0v) is 16.5. The molecule has 2 N–H and O–H groups in total. The number of benzene rings is 2. The number of nitrogens with one attached hydrogen (secondary N) is 2. The summed E-state index contributed by atoms with van der Waals surface area (Å²) >= 11 is 0. The average molecular weight is 392 g/mol. The molecule has 1 saturated heterocycles. The third-order valence-electron chi connectivity index (χ3n) is 5.10. The van der Waals surface area contributed by atoms with Crippen molar-refractivity contribution in [3.63, 3.8) is 0 Å². The zero-order chi connectivity index (χ0) is 20.2. The molecule has 2 aromatic carbocycles. The van der Waals surface area contributed by atoms with Crippen molar-refractivity contribution < 1.29 is 14.3 Å². The molecule has 4 rings (SSSR count). The van der Waals surface area contributed by atoms with Crippen molar-refractivity contribution in [2.75, 3.05) is 25.5 Å². The highest BCUT2D eigenvalue weighted by atomic mass is 16.5. The fraction of sp³-hybridized carbons (Fsp3) is 0.273. The molecule has 7 heteroatoms. The van der Waals surface area contributed by atoms with Crippen molar-refractivity contribution in [3.05, 3.63) is 66.5 Å². The largest absolute Gasteiger partial charge is 0.497 e. The van der Waals surface area contributed by atoms with E-state index in [0.717, 1.165) is 23.5 Å². The second kappa shape index (κ2) is 8.36. The summed E-state index contributed by atoms with van der Waals surface area (Å²) in [6, 6.07) is 14.8. The first-order chi connectivity index (χ1) is 14.1. The Kier molecular flexibility index (Phi) is 5.48. The van der Waals surface area contributed by atoms with E-state index in [1.165, 1.54) is 0 Å². The number of anilines is 1. The predicted molar refractivity (Wildman–Crippen MR) is 110 cm³/mol. The molecule has 1 fully saturated rings. The maximum absolute atomic E-state index is 12.8. The number of amides is 1. The van der Waals surface area contributed by atoms with Crippen molar-refractivity contribution in [2.45, 2.75) is 5.92 Å². The maximum atomic E-state index is 12.8. The molecule has 1 aliphatic heterocycles. The summed E-state index contributed by atoms with van der Waals surface area (Å²) < 4.78 is 12.8. The number of hydrogen-bond acceptors (Lipinski definition) is 5. The van der Waals surface area contributed by atoms with E-state index in [2.05, 4.69) is 15.7 Å². The fourth-order valence-electron chi connectivity index (χ4n) is 3.58. The molecule has 7 nitrogen and oxygen atoms in total. The third-order valence-corrected chi connectivity index (χ3v) is 5.10. The minimum atomic E-state index is -0.132. The van der Waals surface area contributed by atoms with Crippen LogP contribution in [-0.2, 0) is 11.8 Å². The first kappa shape index (κ1) is 19.0. The molecule has 2 heterocycles. The smallest absolute Gasteiger partial charge is 0.229 e. The van der Waals surface area contributed by atoms with E-state index >= 15 is 0 Å². The second-order valence-electron chi connectivity index (χ2n) is 7.11. The van der Waals surface area contributed by atoms with Crippen molar-refractivity contribution in [1.82, 2.24) is 15.1 Å². The molecule has 3 aromatic rings. The van der Waals surface area contributed by atoms with E-state index in [1.54, 1.807) is 11.8 Å². The second-order valence-corrected chi connectivity index (χ2v) is 7.11. The van der Waals surface area contributed by atoms with Crippen LogP contribution >= 0.6 is 0 Å². The van der Waals surface area contributed by atoms with Gasteiger partial charge < -0.3 is 20.1 Å². The Morgan fingerprint density at radius 3 is 2.66 bits per heavy atom. The molecule has 1 aliphatic rings. The monoisotopic (exact) mass is 392 g/mol. The summed E-state index contributed by atoms with van der Waals surface area (Å²) in [4.78, 5) is 12.8. The number of aromatic nitrogens is 2. The normalized spacial score (nSPS) is 18.4. The van der Waals surface area contributed by atoms with Gasteiger partial charge in [0.2, 0.25) is 5.91 Å². The third kappa shape index (κ3) is 4.41. The number of carbonyl (C=O) groups excluding carboxylic acids is 1. The van der Waals surface area contributed by atoms with E-state index in [1.807, 2.05) is 68.0 Å². The highest BCUT2D eigenvalue weighted by Crippen LogP contribution is 2.30. The molecule has 1 aromatic heterocycles. The number of rotatable bonds is 6. The molecular formula is C22H24N4O3. The summed E-state index contributed by atoms with van der Waals surface area (Å²) in [6.07, 6.45) is 3.81. The van der Waals surface area contributed by atoms with Gasteiger partial charge in [0.1, 0.15) is 17.2 Å². The van der Waals surface area contributed by atoms with Gasteiger partial charge in [0.25, 0.3) is 0 Å². The number of aryl methyl sites for hydroxylation is 1. The van der Waals surface area contributed by atoms with Gasteiger partial charge >= 0.3 is 0 Å². The van der Waals surface area contributed by atoms with Crippen LogP contribution in [0.4, 0.5) is 5.69 Å². The number of ether oxygens (including phenoxy) is 2. The van der Waals surface area contributed by atoms with Gasteiger partial charge in [0.15, 0.2) is 0 Å². The van der Waals surface area contributed by atoms with E-state index in [0.29, 0.717) is 18.0 Å². The Morgan fingerprint density at radius 1 is 1.14 bits per heavy atom. The van der Waals surface area contributed by atoms with Crippen LogP contribution in [0, 0.1) is 5.92 Å². The van der Waals surface area contributed by atoms with Gasteiger partial charge in [-0.2, -0.15) is 5.10 Å². The summed E-state index contributed by atoms with van der Waals surface area (Å²) in [6.45, 7) is 1.43. The Bertz CT molecular complexity index is 984. The fourth-order valence-corrected chi connectivity index (χ4v) is 3.58. The first-order valence-electron chi connectivity index (χ1n) is 9.54. The van der Waals surface area contributed by atoms with E-state index in [9.17, 15) is 4.79 Å². The lowest BCUT2D eigenvalue weighted by atomic mass is 9.90. The van der Waals surface area contributed by atoms with Crippen LogP contribution in [0.25, 0.3) is 0 Å². The molecule has 150 valence electrons. The Morgan fingerprint density at radius 2 is 1.93 bits per heavy atom. The van der Waals surface area contributed by atoms with Crippen LogP contribution in [0.2, 0.25) is 0 Å². The number of nitrogens with zero attached hydrogens (tertiary/aromatic N) is 2. The predicted octanol–water partition coefficient (Wildman–Crippen LogP) is 3.16. The van der Waals surface area contributed by atoms with Crippen LogP contribution in [0.15, 0.2) is 60.9 Å². The lowest BCUT2D eigenvalue weighted by molar-refractivity contribution is -0.119. The van der Waals surface area contributed by atoms with Gasteiger partial charge in [0, 0.05) is 44.0 Å². The van der Waals surface area contributed by atoms with Gasteiger partial charge in [-0.25, -0.2) is 0 Å². The summed E-state index contributed by atoms with van der Waals surface area (Å²) in [5.74, 6) is 2.11. The first-order valence-corrected chi connectivity index (χ1v) is 9.54. The average Bonchev–Trinajstić information content (AvgIpc) is 3.38. The standard InChI is InChI=1S/C22H24N4O3/c1-26-14-15(11-24-26)20-12-23-13-21(20)22(27)25-16-6-8-17(9-7-16)29-19-5-3-4-18(10-19)28-2/h3-11,14,20-21,23H,12-13H2,1-2H3,(H,25,27)/t20-,21+/m1/s1. The van der Waals surface area contributed by atoms with Crippen molar-refractivity contribution in [3.8, 4) is 17.2 Å². The van der Waals surface area contributed by atoms with E-state index in [-0.39, 0.29) is 17.7 Å². The van der Waals surface area contributed by atoms with Crippen LogP contribution in [-0.4, -0.2) is 35.9 Å². The van der Waals surface area contributed by atoms with Gasteiger partial charge in [-0.15, -0.1) is 0 Å².